The van der Waals surface area contributed by atoms with Crippen molar-refractivity contribution in [1.82, 2.24) is 0 Å². The van der Waals surface area contributed by atoms with Crippen LogP contribution in [0, 0.1) is 175 Å². The average Bonchev–Trinajstić information content (AvgIpc) is 0.770. The van der Waals surface area contributed by atoms with E-state index < -0.39 is 357 Å². The molecular weight excluding hydrogens is 1940 g/mol. The number of ether oxygens (including phenoxy) is 12. The third-order valence-corrected chi connectivity index (χ3v) is 19.3. The molecule has 0 aliphatic carbocycles. The maximum atomic E-state index is 14.9. The second-order valence-electron chi connectivity index (χ2n) is 27.9. The van der Waals surface area contributed by atoms with Gasteiger partial charge >= 0.3 is 35.8 Å². The summed E-state index contributed by atoms with van der Waals surface area (Å²) in [6.07, 6.45) is 0. The maximum absolute atomic E-state index is 14.9. The zero-order valence-corrected chi connectivity index (χ0v) is 67.7. The quantitative estimate of drug-likeness (QED) is 0.0119. The first kappa shape index (κ1) is 101. The van der Waals surface area contributed by atoms with Gasteiger partial charge in [-0.05, 0) is 106 Å². The van der Waals surface area contributed by atoms with Gasteiger partial charge in [-0.25, -0.2) is 160 Å². The number of hydrogen-bond acceptors (Lipinski definition) is 18. The molecule has 0 saturated carbocycles. The van der Waals surface area contributed by atoms with E-state index in [0.717, 1.165) is 72.8 Å². The van der Waals surface area contributed by atoms with Crippen LogP contribution in [0.1, 0.15) is 33.4 Å². The number of hydrogen-bond donors (Lipinski definition) is 0. The monoisotopic (exact) mass is 1980 g/mol. The molecule has 0 aliphatic heterocycles. The topological polar surface area (TPSA) is 213 Å². The SMILES string of the molecule is O=C(COc1cccc(-c2ccc(-c3ccc(-c4ccc(-c5ccc(-c6cccc(OCC(=O)OCc7c(F)c(F)c(F)c(F)c7F)c6)cc5OCC(=O)OCc5c(F)c(F)c(F)c(F)c5F)c(OCC(=O)OCc5c(F)c(F)c(F)c(F)c5F)c4)cc3OCC(=O)OCc3c(F)c(F)c(F)c(F)c3F)c(OCC(=O)OCc3c(F)c(F)c(F)c(F)c3F)c2)c1)OCc1c(F)c(F)c(F)c(F)c1F. The Balaban J connectivity index is 0.949. The molecule has 0 bridgehead atoms. The van der Waals surface area contributed by atoms with Gasteiger partial charge in [0.25, 0.3) is 0 Å². The predicted octanol–water partition coefficient (Wildman–Crippen LogP) is 20.9. The van der Waals surface area contributed by atoms with Crippen molar-refractivity contribution in [3.05, 3.63) is 329 Å². The summed E-state index contributed by atoms with van der Waals surface area (Å²) in [5.41, 5.74) is -12.1. The van der Waals surface area contributed by atoms with Gasteiger partial charge < -0.3 is 56.8 Å². The molecule has 18 nitrogen and oxygen atoms in total. The molecule has 12 aromatic rings. The van der Waals surface area contributed by atoms with Crippen molar-refractivity contribution in [3.63, 3.8) is 0 Å². The molecule has 0 heterocycles. The molecule has 0 atom stereocenters. The third-order valence-electron chi connectivity index (χ3n) is 19.3. The van der Waals surface area contributed by atoms with E-state index in [0.29, 0.717) is 0 Å². The standard InChI is InChI=1S/C90H44F30O18/c91-61-45(62(92)74(104)85(115)73(61)103)21-133-55(121)27-127-39-5-1-3-33(15-39)35-7-11-41(51(17-35)129-29-57(123)135-23-47-65(95)77(107)87(117)78(108)66(47)96)43-13-9-37(19-53(43)131-31-59(125)137-25-49-69(99)81(111)89(119)82(112)70(49)100)38-10-14-44(54(20-38)132-32-60(126)138-26-50-71(101)83(113)90(120)84(114)72(50)102)42-12-8-36(18-52(42)130-30-58(124)136-24-48-67(97)79(109)88(118)80(110)68(48)98)34-4-2-6-40(16-34)128-28-56(122)134-22-46-63(93)75(105)86(116)76(106)64(46)94/h1-20H,21-32H2. The molecule has 0 N–H and O–H groups in total. The highest BCUT2D eigenvalue weighted by molar-refractivity contribution is 5.87. The molecule has 0 aromatic heterocycles. The summed E-state index contributed by atoms with van der Waals surface area (Å²) in [5, 5.41) is 0. The Morgan fingerprint density at radius 3 is 0.478 bits per heavy atom. The first-order valence-electron chi connectivity index (χ1n) is 37.9. The predicted molar refractivity (Wildman–Crippen MR) is 403 cm³/mol. The molecule has 0 spiro atoms. The van der Waals surface area contributed by atoms with Crippen LogP contribution in [-0.2, 0) is 96.8 Å². The molecule has 0 aliphatic rings. The Kier molecular flexibility index (Phi) is 31.4. The van der Waals surface area contributed by atoms with Gasteiger partial charge in [-0.3, -0.25) is 0 Å². The van der Waals surface area contributed by atoms with Crippen molar-refractivity contribution in [2.75, 3.05) is 39.6 Å². The number of benzene rings is 12. The van der Waals surface area contributed by atoms with Crippen LogP contribution in [0.3, 0.4) is 0 Å². The Morgan fingerprint density at radius 2 is 0.312 bits per heavy atom. The Bertz CT molecular complexity index is 6340. The van der Waals surface area contributed by atoms with Gasteiger partial charge in [0.1, 0.15) is 74.1 Å². The number of carbonyl (C=O) groups excluding carboxylic acids is 6. The Labute approximate surface area is 749 Å². The van der Waals surface area contributed by atoms with Gasteiger partial charge in [0.05, 0.1) is 33.4 Å². The van der Waals surface area contributed by atoms with E-state index in [1.54, 1.807) is 0 Å². The van der Waals surface area contributed by atoms with Gasteiger partial charge in [-0.1, -0.05) is 48.5 Å². The number of carbonyl (C=O) groups is 6. The van der Waals surface area contributed by atoms with Crippen molar-refractivity contribution in [2.45, 2.75) is 39.6 Å². The molecule has 12 aromatic carbocycles. The molecule has 48 heteroatoms. The van der Waals surface area contributed by atoms with E-state index in [2.05, 4.69) is 9.47 Å². The zero-order chi connectivity index (χ0) is 101. The largest absolute Gasteiger partial charge is 0.482 e. The molecule has 0 saturated heterocycles. The van der Waals surface area contributed by atoms with Crippen LogP contribution in [0.5, 0.6) is 34.5 Å². The lowest BCUT2D eigenvalue weighted by Crippen LogP contribution is -2.18. The first-order chi connectivity index (χ1) is 65.4. The van der Waals surface area contributed by atoms with Gasteiger partial charge in [0.15, 0.2) is 179 Å². The van der Waals surface area contributed by atoms with Gasteiger partial charge in [-0.2, -0.15) is 0 Å². The molecule has 0 fully saturated rings. The minimum absolute atomic E-state index is 0.000460. The van der Waals surface area contributed by atoms with Crippen LogP contribution in [0.2, 0.25) is 0 Å². The van der Waals surface area contributed by atoms with Crippen LogP contribution in [-0.4, -0.2) is 75.5 Å². The summed E-state index contributed by atoms with van der Waals surface area (Å²) < 4.78 is 494. The fraction of sp³-hybridized carbons (Fsp3) is 0.133. The summed E-state index contributed by atoms with van der Waals surface area (Å²) in [6.45, 7) is -18.1. The molecule has 0 amide bonds. The van der Waals surface area contributed by atoms with Gasteiger partial charge in [0.2, 0.25) is 34.9 Å². The van der Waals surface area contributed by atoms with E-state index in [9.17, 15) is 160 Å². The molecule has 138 heavy (non-hydrogen) atoms. The van der Waals surface area contributed by atoms with Gasteiger partial charge in [-0.15, -0.1) is 0 Å². The fourth-order valence-electron chi connectivity index (χ4n) is 12.4. The van der Waals surface area contributed by atoms with E-state index >= 15 is 0 Å². The van der Waals surface area contributed by atoms with Crippen molar-refractivity contribution < 1.29 is 217 Å². The normalized spacial score (nSPS) is 11.2. The Morgan fingerprint density at radius 1 is 0.167 bits per heavy atom. The first-order valence-corrected chi connectivity index (χ1v) is 37.9. The van der Waals surface area contributed by atoms with Crippen LogP contribution in [0.4, 0.5) is 132 Å². The smallest absolute Gasteiger partial charge is 0.344 e. The van der Waals surface area contributed by atoms with Crippen LogP contribution in [0.15, 0.2) is 121 Å². The van der Waals surface area contributed by atoms with E-state index in [1.165, 1.54) is 48.5 Å². The van der Waals surface area contributed by atoms with Crippen molar-refractivity contribution in [1.29, 1.82) is 0 Å². The second-order valence-corrected chi connectivity index (χ2v) is 27.9. The zero-order valence-electron chi connectivity index (χ0n) is 67.7. The average molecular weight is 1980 g/mol. The molecular formula is C90H44F30O18. The summed E-state index contributed by atoms with van der Waals surface area (Å²) in [5.74, 6) is -87.2. The Hall–Kier alpha value is -15.8. The molecule has 722 valence electrons. The minimum Gasteiger partial charge on any atom is -0.482 e. The van der Waals surface area contributed by atoms with Crippen LogP contribution in [0.25, 0.3) is 55.6 Å². The summed E-state index contributed by atoms with van der Waals surface area (Å²) in [6, 6.07) is 22.6. The summed E-state index contributed by atoms with van der Waals surface area (Å²) in [4.78, 5) is 79.8. The highest BCUT2D eigenvalue weighted by atomic mass is 19.2. The van der Waals surface area contributed by atoms with Gasteiger partial charge in [0, 0.05) is 22.3 Å². The molecule has 12 rings (SSSR count). The van der Waals surface area contributed by atoms with Crippen molar-refractivity contribution in [3.8, 4) is 90.1 Å². The minimum atomic E-state index is -2.64. The fourth-order valence-corrected chi connectivity index (χ4v) is 12.4. The number of esters is 6. The lowest BCUT2D eigenvalue weighted by molar-refractivity contribution is -0.148. The van der Waals surface area contributed by atoms with Crippen LogP contribution < -0.4 is 28.4 Å². The summed E-state index contributed by atoms with van der Waals surface area (Å²) >= 11 is 0. The highest BCUT2D eigenvalue weighted by Crippen LogP contribution is 2.46. The third kappa shape index (κ3) is 21.7. The van der Waals surface area contributed by atoms with E-state index in [4.69, 9.17) is 47.4 Å². The lowest BCUT2D eigenvalue weighted by atomic mass is 9.94. The lowest BCUT2D eigenvalue weighted by Gasteiger charge is -2.19. The summed E-state index contributed by atoms with van der Waals surface area (Å²) in [7, 11) is 0. The van der Waals surface area contributed by atoms with Crippen molar-refractivity contribution >= 4 is 35.8 Å². The molecule has 0 radical (unpaired) electrons. The van der Waals surface area contributed by atoms with Crippen LogP contribution >= 0.6 is 0 Å². The number of rotatable bonds is 35. The van der Waals surface area contributed by atoms with E-state index in [1.807, 2.05) is 0 Å². The maximum Gasteiger partial charge on any atom is 0.344 e. The second kappa shape index (κ2) is 42.8. The van der Waals surface area contributed by atoms with E-state index in [-0.39, 0.29) is 56.0 Å². The number of halogens is 30. The van der Waals surface area contributed by atoms with Crippen molar-refractivity contribution in [2.24, 2.45) is 0 Å². The highest BCUT2D eigenvalue weighted by Gasteiger charge is 2.35. The molecule has 0 unspecified atom stereocenters.